The van der Waals surface area contributed by atoms with Crippen LogP contribution in [-0.4, -0.2) is 36.6 Å². The highest BCUT2D eigenvalue weighted by Crippen LogP contribution is 1.93. The van der Waals surface area contributed by atoms with Crippen molar-refractivity contribution in [3.8, 4) is 0 Å². The Labute approximate surface area is 92.5 Å². The molecule has 0 spiro atoms. The minimum atomic E-state index is 0.911. The third kappa shape index (κ3) is 5.50. The van der Waals surface area contributed by atoms with Crippen LogP contribution in [0.4, 0.5) is 0 Å². The minimum absolute atomic E-state index is 0.911. The summed E-state index contributed by atoms with van der Waals surface area (Å²) in [5, 5.41) is 3.41. The highest BCUT2D eigenvalue weighted by Gasteiger charge is 1.95. The first-order valence-electron chi connectivity index (χ1n) is 5.61. The number of likely N-dealkylation sites (N-methyl/N-ethyl adjacent to an activating group) is 1. The molecule has 0 aliphatic carbocycles. The molecule has 0 unspecified atom stereocenters. The van der Waals surface area contributed by atoms with Gasteiger partial charge in [0, 0.05) is 32.0 Å². The number of hydrogen-bond acceptors (Lipinski definition) is 3. The maximum Gasteiger partial charge on any atom is 0.0312 e. The summed E-state index contributed by atoms with van der Waals surface area (Å²) in [6.45, 7) is 6.43. The van der Waals surface area contributed by atoms with Crippen LogP contribution in [0.2, 0.25) is 0 Å². The quantitative estimate of drug-likeness (QED) is 0.687. The highest BCUT2D eigenvalue weighted by atomic mass is 15.1. The summed E-state index contributed by atoms with van der Waals surface area (Å²) in [7, 11) is 2.16. The van der Waals surface area contributed by atoms with Crippen molar-refractivity contribution in [2.24, 2.45) is 0 Å². The standard InChI is InChI=1S/C12H21N3/c1-3-8-15(2)9-7-14-11-12-5-4-6-13-10-12/h4-6,10,14H,3,7-9,11H2,1-2H3. The monoisotopic (exact) mass is 207 g/mol. The Hall–Kier alpha value is -0.930. The average Bonchev–Trinajstić information content (AvgIpc) is 2.26. The Morgan fingerprint density at radius 3 is 2.93 bits per heavy atom. The average molecular weight is 207 g/mol. The van der Waals surface area contributed by atoms with E-state index in [9.17, 15) is 0 Å². The normalized spacial score (nSPS) is 10.9. The van der Waals surface area contributed by atoms with Crippen LogP contribution < -0.4 is 5.32 Å². The zero-order chi connectivity index (χ0) is 10.9. The third-order valence-corrected chi connectivity index (χ3v) is 2.33. The van der Waals surface area contributed by atoms with E-state index in [2.05, 4.69) is 35.2 Å². The smallest absolute Gasteiger partial charge is 0.0312 e. The second-order valence-electron chi connectivity index (χ2n) is 3.84. The molecule has 0 bridgehead atoms. The van der Waals surface area contributed by atoms with E-state index >= 15 is 0 Å². The lowest BCUT2D eigenvalue weighted by atomic mass is 10.3. The molecule has 0 radical (unpaired) electrons. The zero-order valence-corrected chi connectivity index (χ0v) is 9.74. The summed E-state index contributed by atoms with van der Waals surface area (Å²) in [5.41, 5.74) is 1.25. The second kappa shape index (κ2) is 7.37. The molecule has 1 aromatic heterocycles. The zero-order valence-electron chi connectivity index (χ0n) is 9.74. The molecule has 0 aromatic carbocycles. The van der Waals surface area contributed by atoms with Crippen molar-refractivity contribution >= 4 is 0 Å². The van der Waals surface area contributed by atoms with Gasteiger partial charge >= 0.3 is 0 Å². The van der Waals surface area contributed by atoms with Crippen LogP contribution in [-0.2, 0) is 6.54 Å². The van der Waals surface area contributed by atoms with Crippen molar-refractivity contribution in [3.05, 3.63) is 30.1 Å². The van der Waals surface area contributed by atoms with Crippen molar-refractivity contribution in [3.63, 3.8) is 0 Å². The maximum absolute atomic E-state index is 4.08. The van der Waals surface area contributed by atoms with Crippen LogP contribution >= 0.6 is 0 Å². The van der Waals surface area contributed by atoms with Gasteiger partial charge in [-0.25, -0.2) is 0 Å². The number of pyridine rings is 1. The number of aromatic nitrogens is 1. The van der Waals surface area contributed by atoms with E-state index in [0.29, 0.717) is 0 Å². The Balaban J connectivity index is 2.07. The number of hydrogen-bond donors (Lipinski definition) is 1. The third-order valence-electron chi connectivity index (χ3n) is 2.33. The molecule has 1 heterocycles. The molecule has 84 valence electrons. The Kier molecular flexibility index (Phi) is 5.97. The first-order chi connectivity index (χ1) is 7.33. The van der Waals surface area contributed by atoms with Gasteiger partial charge in [-0.15, -0.1) is 0 Å². The summed E-state index contributed by atoms with van der Waals surface area (Å²) in [6, 6.07) is 4.07. The fourth-order valence-corrected chi connectivity index (χ4v) is 1.50. The molecule has 0 fully saturated rings. The Morgan fingerprint density at radius 2 is 2.27 bits per heavy atom. The lowest BCUT2D eigenvalue weighted by molar-refractivity contribution is 0.332. The molecular formula is C12H21N3. The number of nitrogens with one attached hydrogen (secondary N) is 1. The van der Waals surface area contributed by atoms with Crippen molar-refractivity contribution in [1.29, 1.82) is 0 Å². The lowest BCUT2D eigenvalue weighted by Gasteiger charge is -2.15. The minimum Gasteiger partial charge on any atom is -0.311 e. The fourth-order valence-electron chi connectivity index (χ4n) is 1.50. The number of nitrogens with zero attached hydrogens (tertiary/aromatic N) is 2. The van der Waals surface area contributed by atoms with Crippen molar-refractivity contribution in [1.82, 2.24) is 15.2 Å². The second-order valence-corrected chi connectivity index (χ2v) is 3.84. The van der Waals surface area contributed by atoms with E-state index in [4.69, 9.17) is 0 Å². The largest absolute Gasteiger partial charge is 0.311 e. The van der Waals surface area contributed by atoms with Gasteiger partial charge in [-0.2, -0.15) is 0 Å². The molecule has 1 aromatic rings. The van der Waals surface area contributed by atoms with Crippen LogP contribution in [0.15, 0.2) is 24.5 Å². The van der Waals surface area contributed by atoms with E-state index in [1.54, 1.807) is 6.20 Å². The lowest BCUT2D eigenvalue weighted by Crippen LogP contribution is -2.29. The SMILES string of the molecule is CCCN(C)CCNCc1cccnc1. The summed E-state index contributed by atoms with van der Waals surface area (Å²) in [5.74, 6) is 0. The first-order valence-corrected chi connectivity index (χ1v) is 5.61. The van der Waals surface area contributed by atoms with Gasteiger partial charge in [0.25, 0.3) is 0 Å². The Bertz CT molecular complexity index is 248. The van der Waals surface area contributed by atoms with Crippen LogP contribution in [0.5, 0.6) is 0 Å². The fraction of sp³-hybridized carbons (Fsp3) is 0.583. The highest BCUT2D eigenvalue weighted by molar-refractivity contribution is 5.07. The molecule has 0 saturated heterocycles. The maximum atomic E-state index is 4.08. The predicted molar refractivity (Wildman–Crippen MR) is 63.7 cm³/mol. The van der Waals surface area contributed by atoms with Crippen molar-refractivity contribution in [2.75, 3.05) is 26.7 Å². The molecule has 0 saturated carbocycles. The molecule has 0 atom stereocenters. The van der Waals surface area contributed by atoms with Gasteiger partial charge in [0.15, 0.2) is 0 Å². The van der Waals surface area contributed by atoms with E-state index < -0.39 is 0 Å². The predicted octanol–water partition coefficient (Wildman–Crippen LogP) is 1.51. The van der Waals surface area contributed by atoms with Crippen LogP contribution in [0.25, 0.3) is 0 Å². The van der Waals surface area contributed by atoms with Crippen LogP contribution in [0.3, 0.4) is 0 Å². The van der Waals surface area contributed by atoms with Gasteiger partial charge in [-0.05, 0) is 31.6 Å². The molecule has 1 N–H and O–H groups in total. The molecule has 3 nitrogen and oxygen atoms in total. The van der Waals surface area contributed by atoms with Gasteiger partial charge in [-0.3, -0.25) is 4.98 Å². The molecule has 15 heavy (non-hydrogen) atoms. The Morgan fingerprint density at radius 1 is 1.40 bits per heavy atom. The first kappa shape index (κ1) is 12.1. The topological polar surface area (TPSA) is 28.2 Å². The molecular weight excluding hydrogens is 186 g/mol. The summed E-state index contributed by atoms with van der Waals surface area (Å²) in [4.78, 5) is 6.42. The summed E-state index contributed by atoms with van der Waals surface area (Å²) in [6.07, 6.45) is 4.93. The molecule has 0 aliphatic rings. The van der Waals surface area contributed by atoms with Gasteiger partial charge in [0.1, 0.15) is 0 Å². The molecule has 0 aliphatic heterocycles. The number of rotatable bonds is 7. The molecule has 3 heteroatoms. The van der Waals surface area contributed by atoms with Crippen LogP contribution in [0.1, 0.15) is 18.9 Å². The molecule has 1 rings (SSSR count). The summed E-state index contributed by atoms with van der Waals surface area (Å²) < 4.78 is 0. The van der Waals surface area contributed by atoms with Gasteiger partial charge in [0.05, 0.1) is 0 Å². The van der Waals surface area contributed by atoms with Crippen molar-refractivity contribution < 1.29 is 0 Å². The van der Waals surface area contributed by atoms with E-state index in [0.717, 1.165) is 19.6 Å². The van der Waals surface area contributed by atoms with E-state index in [1.165, 1.54) is 18.5 Å². The van der Waals surface area contributed by atoms with Gasteiger partial charge in [0.2, 0.25) is 0 Å². The van der Waals surface area contributed by atoms with Crippen molar-refractivity contribution in [2.45, 2.75) is 19.9 Å². The van der Waals surface area contributed by atoms with Crippen LogP contribution in [0, 0.1) is 0 Å². The van der Waals surface area contributed by atoms with Gasteiger partial charge < -0.3 is 10.2 Å². The molecule has 0 amide bonds. The van der Waals surface area contributed by atoms with Gasteiger partial charge in [-0.1, -0.05) is 13.0 Å². The van der Waals surface area contributed by atoms with E-state index in [-0.39, 0.29) is 0 Å². The van der Waals surface area contributed by atoms with E-state index in [1.807, 2.05) is 12.3 Å². The summed E-state index contributed by atoms with van der Waals surface area (Å²) >= 11 is 0.